The molecule has 1 N–H and O–H groups in total. The van der Waals surface area contributed by atoms with E-state index in [1.165, 1.54) is 6.42 Å². The molecule has 0 atom stereocenters. The molecule has 0 aliphatic rings. The maximum atomic E-state index is 10.7. The Morgan fingerprint density at radius 3 is 2.64 bits per heavy atom. The molecule has 0 aliphatic heterocycles. The summed E-state index contributed by atoms with van der Waals surface area (Å²) in [4.78, 5) is 10.7. The topological polar surface area (TPSA) is 29.1 Å². The predicted octanol–water partition coefficient (Wildman–Crippen LogP) is 1.47. The number of amides is 1. The second kappa shape index (κ2) is 6.53. The summed E-state index contributed by atoms with van der Waals surface area (Å²) in [6, 6.07) is 0. The monoisotopic (exact) mass is 175 g/mol. The summed E-state index contributed by atoms with van der Waals surface area (Å²) in [5.74, 6) is 1.04. The van der Waals surface area contributed by atoms with E-state index in [0.717, 1.165) is 18.9 Å². The number of nitrogens with one attached hydrogen (secondary N) is 1. The number of hydrogen-bond donors (Lipinski definition) is 2. The number of rotatable bonds is 5. The van der Waals surface area contributed by atoms with Gasteiger partial charge in [0.1, 0.15) is 0 Å². The van der Waals surface area contributed by atoms with Gasteiger partial charge in [0.2, 0.25) is 5.91 Å². The van der Waals surface area contributed by atoms with Gasteiger partial charge in [0.15, 0.2) is 0 Å². The Morgan fingerprint density at radius 2 is 2.18 bits per heavy atom. The zero-order valence-corrected chi connectivity index (χ0v) is 8.16. The third-order valence-electron chi connectivity index (χ3n) is 1.42. The van der Waals surface area contributed by atoms with Crippen LogP contribution in [0.2, 0.25) is 0 Å². The molecule has 3 heteroatoms. The summed E-state index contributed by atoms with van der Waals surface area (Å²) in [6.07, 6.45) is 2.24. The average Bonchev–Trinajstić information content (AvgIpc) is 1.97. The summed E-state index contributed by atoms with van der Waals surface area (Å²) < 4.78 is 0. The van der Waals surface area contributed by atoms with Gasteiger partial charge in [-0.1, -0.05) is 13.8 Å². The van der Waals surface area contributed by atoms with Crippen molar-refractivity contribution in [3.05, 3.63) is 0 Å². The summed E-state index contributed by atoms with van der Waals surface area (Å²) in [7, 11) is 0. The first-order chi connectivity index (χ1) is 5.16. The number of thiol groups is 1. The van der Waals surface area contributed by atoms with Crippen molar-refractivity contribution in [2.45, 2.75) is 26.7 Å². The molecule has 0 saturated heterocycles. The Kier molecular flexibility index (Phi) is 6.42. The van der Waals surface area contributed by atoms with Crippen molar-refractivity contribution in [3.8, 4) is 0 Å². The first kappa shape index (κ1) is 10.8. The van der Waals surface area contributed by atoms with Gasteiger partial charge in [-0.25, -0.2) is 0 Å². The van der Waals surface area contributed by atoms with Crippen LogP contribution in [0.3, 0.4) is 0 Å². The van der Waals surface area contributed by atoms with Gasteiger partial charge in [0.25, 0.3) is 0 Å². The highest BCUT2D eigenvalue weighted by Crippen LogP contribution is 2.01. The van der Waals surface area contributed by atoms with Crippen LogP contribution in [0.1, 0.15) is 26.7 Å². The van der Waals surface area contributed by atoms with E-state index < -0.39 is 0 Å². The van der Waals surface area contributed by atoms with Gasteiger partial charge in [-0.15, -0.1) is 0 Å². The zero-order valence-electron chi connectivity index (χ0n) is 7.26. The summed E-state index contributed by atoms with van der Waals surface area (Å²) in [6.45, 7) is 5.15. The maximum Gasteiger partial charge on any atom is 0.229 e. The summed E-state index contributed by atoms with van der Waals surface area (Å²) >= 11 is 3.85. The van der Waals surface area contributed by atoms with E-state index in [1.807, 2.05) is 0 Å². The van der Waals surface area contributed by atoms with Gasteiger partial charge in [0.05, 0.1) is 5.75 Å². The molecule has 0 unspecified atom stereocenters. The van der Waals surface area contributed by atoms with Crippen LogP contribution in [0.5, 0.6) is 0 Å². The highest BCUT2D eigenvalue weighted by Gasteiger charge is 1.96. The molecule has 0 aromatic rings. The standard InChI is InChI=1S/C8H17NOS/c1-7(2)4-3-5-9-8(10)6-11/h7,11H,3-6H2,1-2H3,(H,9,10). The Morgan fingerprint density at radius 1 is 1.55 bits per heavy atom. The molecule has 66 valence electrons. The van der Waals surface area contributed by atoms with E-state index >= 15 is 0 Å². The Balaban J connectivity index is 3.08. The van der Waals surface area contributed by atoms with E-state index in [-0.39, 0.29) is 5.91 Å². The van der Waals surface area contributed by atoms with E-state index in [4.69, 9.17) is 0 Å². The van der Waals surface area contributed by atoms with Crippen molar-refractivity contribution in [1.82, 2.24) is 5.32 Å². The lowest BCUT2D eigenvalue weighted by atomic mass is 10.1. The van der Waals surface area contributed by atoms with Crippen LogP contribution in [0.15, 0.2) is 0 Å². The Hall–Kier alpha value is -0.180. The molecule has 0 bridgehead atoms. The minimum atomic E-state index is 0.0251. The molecule has 0 saturated carbocycles. The molecular formula is C8H17NOS. The van der Waals surface area contributed by atoms with Crippen LogP contribution < -0.4 is 5.32 Å². The largest absolute Gasteiger partial charge is 0.355 e. The molecule has 0 rings (SSSR count). The third kappa shape index (κ3) is 7.72. The average molecular weight is 175 g/mol. The third-order valence-corrected chi connectivity index (χ3v) is 1.71. The molecule has 0 radical (unpaired) electrons. The van der Waals surface area contributed by atoms with E-state index in [0.29, 0.717) is 5.75 Å². The molecule has 0 fully saturated rings. The molecule has 0 aromatic carbocycles. The van der Waals surface area contributed by atoms with Crippen LogP contribution in [-0.4, -0.2) is 18.2 Å². The zero-order chi connectivity index (χ0) is 8.69. The molecule has 11 heavy (non-hydrogen) atoms. The second-order valence-corrected chi connectivity index (χ2v) is 3.36. The normalized spacial score (nSPS) is 10.2. The van der Waals surface area contributed by atoms with Gasteiger partial charge in [-0.2, -0.15) is 12.6 Å². The van der Waals surface area contributed by atoms with Gasteiger partial charge in [0, 0.05) is 6.54 Å². The molecule has 1 amide bonds. The Bertz CT molecular complexity index is 115. The van der Waals surface area contributed by atoms with Crippen LogP contribution in [0.25, 0.3) is 0 Å². The molecule has 0 aliphatic carbocycles. The number of carbonyl (C=O) groups excluding carboxylic acids is 1. The lowest BCUT2D eigenvalue weighted by Crippen LogP contribution is -2.25. The SMILES string of the molecule is CC(C)CCCNC(=O)CS. The number of hydrogen-bond acceptors (Lipinski definition) is 2. The van der Waals surface area contributed by atoms with E-state index in [9.17, 15) is 4.79 Å². The fraction of sp³-hybridized carbons (Fsp3) is 0.875. The minimum Gasteiger partial charge on any atom is -0.355 e. The van der Waals surface area contributed by atoms with Crippen molar-refractivity contribution in [1.29, 1.82) is 0 Å². The highest BCUT2D eigenvalue weighted by atomic mass is 32.1. The fourth-order valence-electron chi connectivity index (χ4n) is 0.794. The lowest BCUT2D eigenvalue weighted by Gasteiger charge is -2.04. The maximum absolute atomic E-state index is 10.7. The van der Waals surface area contributed by atoms with Crippen LogP contribution in [-0.2, 0) is 4.79 Å². The molecule has 0 aromatic heterocycles. The van der Waals surface area contributed by atoms with Gasteiger partial charge in [-0.05, 0) is 18.8 Å². The van der Waals surface area contributed by atoms with Crippen molar-refractivity contribution in [2.24, 2.45) is 5.92 Å². The van der Waals surface area contributed by atoms with E-state index in [2.05, 4.69) is 31.8 Å². The van der Waals surface area contributed by atoms with Gasteiger partial charge < -0.3 is 5.32 Å². The first-order valence-electron chi connectivity index (χ1n) is 4.04. The lowest BCUT2D eigenvalue weighted by molar-refractivity contribution is -0.118. The summed E-state index contributed by atoms with van der Waals surface area (Å²) in [5.41, 5.74) is 0. The van der Waals surface area contributed by atoms with E-state index in [1.54, 1.807) is 0 Å². The molecule has 0 heterocycles. The molecule has 2 nitrogen and oxygen atoms in total. The number of carbonyl (C=O) groups is 1. The van der Waals surface area contributed by atoms with Crippen molar-refractivity contribution in [2.75, 3.05) is 12.3 Å². The predicted molar refractivity (Wildman–Crippen MR) is 50.9 cm³/mol. The van der Waals surface area contributed by atoms with Crippen LogP contribution in [0.4, 0.5) is 0 Å². The van der Waals surface area contributed by atoms with Crippen LogP contribution in [0, 0.1) is 5.92 Å². The quantitative estimate of drug-likeness (QED) is 0.481. The molecular weight excluding hydrogens is 158 g/mol. The second-order valence-electron chi connectivity index (χ2n) is 3.04. The van der Waals surface area contributed by atoms with Crippen molar-refractivity contribution < 1.29 is 4.79 Å². The Labute approximate surface area is 74.2 Å². The van der Waals surface area contributed by atoms with Crippen LogP contribution >= 0.6 is 12.6 Å². The highest BCUT2D eigenvalue weighted by molar-refractivity contribution is 7.81. The van der Waals surface area contributed by atoms with Crippen molar-refractivity contribution >= 4 is 18.5 Å². The first-order valence-corrected chi connectivity index (χ1v) is 4.67. The molecule has 0 spiro atoms. The minimum absolute atomic E-state index is 0.0251. The summed E-state index contributed by atoms with van der Waals surface area (Å²) in [5, 5.41) is 2.77. The smallest absolute Gasteiger partial charge is 0.229 e. The van der Waals surface area contributed by atoms with Gasteiger partial charge >= 0.3 is 0 Å². The van der Waals surface area contributed by atoms with Gasteiger partial charge in [-0.3, -0.25) is 4.79 Å². The fourth-order valence-corrected chi connectivity index (χ4v) is 0.906. The van der Waals surface area contributed by atoms with Crippen molar-refractivity contribution in [3.63, 3.8) is 0 Å².